The van der Waals surface area contributed by atoms with E-state index >= 15 is 0 Å². The van der Waals surface area contributed by atoms with Gasteiger partial charge in [0.15, 0.2) is 23.0 Å². The summed E-state index contributed by atoms with van der Waals surface area (Å²) >= 11 is 14.1. The van der Waals surface area contributed by atoms with Gasteiger partial charge in [-0.05, 0) is 69.5 Å². The summed E-state index contributed by atoms with van der Waals surface area (Å²) in [5.74, 6) is 2.69. The van der Waals surface area contributed by atoms with Crippen LogP contribution in [0, 0.1) is 5.92 Å². The second kappa shape index (κ2) is 18.1. The third-order valence-electron chi connectivity index (χ3n) is 10.2. The van der Waals surface area contributed by atoms with E-state index < -0.39 is 0 Å². The number of aryl methyl sites for hydroxylation is 2. The van der Waals surface area contributed by atoms with Crippen LogP contribution in [0.2, 0.25) is 10.0 Å². The Morgan fingerprint density at radius 3 is 1.50 bits per heavy atom. The molecule has 0 radical (unpaired) electrons. The average Bonchev–Trinajstić information content (AvgIpc) is 3.75. The standard InChI is InChI=1S/C34H22Cl2N4O2.C11H24O2.C3H8/c1-3-39-21-11-7-5-9-17(21)25-23(39)15-13-19-31(25)41-33-27(35)30-34(28(36)29(33)37-19)42-32-20(38-30)14-16-24-26(32)18-10-6-8-12-22(18)40(24)4-2;1-5-6-7-12-9-11(4)13-8-10(2)3;1-3-2/h5-16H,3-4H2,1-2H3;10-11H,5-9H2,1-4H3;3H2,1-2H3. The van der Waals surface area contributed by atoms with Crippen molar-refractivity contribution in [3.63, 3.8) is 0 Å². The first-order chi connectivity index (χ1) is 28.2. The highest BCUT2D eigenvalue weighted by Crippen LogP contribution is 2.49. The first-order valence-corrected chi connectivity index (χ1v) is 21.5. The Hall–Kier alpha value is -4.60. The molecule has 8 nitrogen and oxygen atoms in total. The number of hydrogen-bond donors (Lipinski definition) is 0. The summed E-state index contributed by atoms with van der Waals surface area (Å²) in [6.07, 6.45) is 3.83. The minimum absolute atomic E-state index is 0.235. The van der Waals surface area contributed by atoms with Crippen molar-refractivity contribution in [2.75, 3.05) is 19.8 Å². The second-order valence-corrected chi connectivity index (χ2v) is 16.0. The molecule has 0 amide bonds. The molecule has 10 heteroatoms. The molecule has 1 atom stereocenters. The van der Waals surface area contributed by atoms with E-state index in [1.165, 1.54) is 12.8 Å². The van der Waals surface area contributed by atoms with Gasteiger partial charge in [0.1, 0.15) is 32.1 Å². The van der Waals surface area contributed by atoms with Gasteiger partial charge in [-0.3, -0.25) is 0 Å². The monoisotopic (exact) mass is 820 g/mol. The van der Waals surface area contributed by atoms with E-state index in [4.69, 9.17) is 52.1 Å². The lowest BCUT2D eigenvalue weighted by Crippen LogP contribution is -2.22. The molecule has 58 heavy (non-hydrogen) atoms. The second-order valence-electron chi connectivity index (χ2n) is 15.2. The topological polar surface area (TPSA) is 71.5 Å². The molecule has 304 valence electrons. The molecule has 0 N–H and O–H groups in total. The third kappa shape index (κ3) is 7.68. The van der Waals surface area contributed by atoms with Gasteiger partial charge in [0.25, 0.3) is 0 Å². The Bertz CT molecular complexity index is 2560. The van der Waals surface area contributed by atoms with Gasteiger partial charge >= 0.3 is 0 Å². The predicted octanol–water partition coefficient (Wildman–Crippen LogP) is 13.6. The fourth-order valence-corrected chi connectivity index (χ4v) is 8.12. The van der Waals surface area contributed by atoms with Gasteiger partial charge in [-0.25, -0.2) is 9.98 Å². The Morgan fingerprint density at radius 2 is 1.07 bits per heavy atom. The van der Waals surface area contributed by atoms with Crippen LogP contribution in [0.3, 0.4) is 0 Å². The first kappa shape index (κ1) is 41.6. The average molecular weight is 822 g/mol. The van der Waals surface area contributed by atoms with E-state index in [-0.39, 0.29) is 6.10 Å². The van der Waals surface area contributed by atoms with E-state index in [1.807, 2.05) is 24.3 Å². The van der Waals surface area contributed by atoms with E-state index in [2.05, 4.69) is 113 Å². The lowest BCUT2D eigenvalue weighted by Gasteiger charge is -2.22. The zero-order valence-corrected chi connectivity index (χ0v) is 36.4. The molecule has 2 aliphatic rings. The first-order valence-electron chi connectivity index (χ1n) is 20.8. The van der Waals surface area contributed by atoms with Crippen molar-refractivity contribution < 1.29 is 18.9 Å². The molecule has 0 spiro atoms. The summed E-state index contributed by atoms with van der Waals surface area (Å²) in [6, 6.07) is 24.8. The molecule has 1 unspecified atom stereocenters. The SMILES string of the molecule is CCC.CCCCOCC(C)OCC(C)C.CCn1c2ccccc2c2c3c(ccc21)N=c1c(Cl)c2c(c(Cl)c1O3)=Nc1ccc3c(c1O2)c1ccccc1n3CC. The van der Waals surface area contributed by atoms with Crippen LogP contribution >= 0.6 is 23.2 Å². The molecule has 0 bridgehead atoms. The van der Waals surface area contributed by atoms with Crippen LogP contribution in [0.1, 0.15) is 74.7 Å². The van der Waals surface area contributed by atoms with Crippen molar-refractivity contribution in [1.82, 2.24) is 9.13 Å². The summed E-state index contributed by atoms with van der Waals surface area (Å²) < 4.78 is 28.8. The van der Waals surface area contributed by atoms with Crippen molar-refractivity contribution in [3.05, 3.63) is 93.6 Å². The molecule has 0 saturated carbocycles. The van der Waals surface area contributed by atoms with E-state index in [9.17, 15) is 0 Å². The van der Waals surface area contributed by atoms with Gasteiger partial charge in [-0.1, -0.05) is 107 Å². The number of halogens is 2. The molecular formula is C48H54Cl2N4O4. The van der Waals surface area contributed by atoms with Crippen LogP contribution in [-0.4, -0.2) is 35.1 Å². The van der Waals surface area contributed by atoms with Gasteiger partial charge in [0.05, 0.1) is 34.5 Å². The minimum Gasteiger partial charge on any atom is -0.450 e. The number of para-hydroxylation sites is 2. The summed E-state index contributed by atoms with van der Waals surface area (Å²) in [4.78, 5) is 9.96. The summed E-state index contributed by atoms with van der Waals surface area (Å²) in [5, 5.41) is 5.70. The van der Waals surface area contributed by atoms with Crippen molar-refractivity contribution in [3.8, 4) is 23.0 Å². The molecular weight excluding hydrogens is 767 g/mol. The van der Waals surface area contributed by atoms with E-state index in [1.54, 1.807) is 0 Å². The van der Waals surface area contributed by atoms with Crippen LogP contribution in [0.5, 0.6) is 23.0 Å². The minimum atomic E-state index is 0.235. The Labute approximate surface area is 351 Å². The predicted molar refractivity (Wildman–Crippen MR) is 240 cm³/mol. The number of unbranched alkanes of at least 4 members (excludes halogenated alkanes) is 1. The molecule has 0 aliphatic carbocycles. The number of nitrogens with zero attached hydrogens (tertiary/aromatic N) is 4. The number of benzene rings is 5. The van der Waals surface area contributed by atoms with Crippen LogP contribution in [0.25, 0.3) is 43.6 Å². The highest BCUT2D eigenvalue weighted by Gasteiger charge is 2.30. The molecule has 4 heterocycles. The maximum Gasteiger partial charge on any atom is 0.175 e. The van der Waals surface area contributed by atoms with Gasteiger partial charge in [-0.15, -0.1) is 0 Å². The number of ether oxygens (including phenoxy) is 4. The van der Waals surface area contributed by atoms with Gasteiger partial charge in [-0.2, -0.15) is 0 Å². The zero-order chi connectivity index (χ0) is 41.1. The summed E-state index contributed by atoms with van der Waals surface area (Å²) in [7, 11) is 0. The smallest absolute Gasteiger partial charge is 0.175 e. The normalized spacial score (nSPS) is 12.9. The highest BCUT2D eigenvalue weighted by atomic mass is 35.5. The number of rotatable bonds is 10. The lowest BCUT2D eigenvalue weighted by molar-refractivity contribution is -0.0165. The van der Waals surface area contributed by atoms with Crippen LogP contribution in [0.15, 0.2) is 82.8 Å². The Balaban J connectivity index is 0.000000274. The van der Waals surface area contributed by atoms with Gasteiger partial charge in [0.2, 0.25) is 0 Å². The zero-order valence-electron chi connectivity index (χ0n) is 34.9. The van der Waals surface area contributed by atoms with Crippen LogP contribution in [-0.2, 0) is 22.6 Å². The maximum absolute atomic E-state index is 7.06. The van der Waals surface area contributed by atoms with Gasteiger partial charge in [0, 0.05) is 48.1 Å². The lowest BCUT2D eigenvalue weighted by atomic mass is 10.1. The quantitative estimate of drug-likeness (QED) is 0.129. The molecule has 9 rings (SSSR count). The van der Waals surface area contributed by atoms with Crippen LogP contribution in [0.4, 0.5) is 11.4 Å². The fraction of sp³-hybridized carbons (Fsp3) is 0.375. The molecule has 7 aromatic rings. The molecule has 5 aromatic carbocycles. The van der Waals surface area contributed by atoms with Crippen LogP contribution < -0.4 is 20.2 Å². The number of fused-ring (bicyclic) bond motifs is 12. The highest BCUT2D eigenvalue weighted by molar-refractivity contribution is 6.35. The Morgan fingerprint density at radius 1 is 0.603 bits per heavy atom. The van der Waals surface area contributed by atoms with Gasteiger partial charge < -0.3 is 28.1 Å². The van der Waals surface area contributed by atoms with Crippen molar-refractivity contribution in [1.29, 1.82) is 0 Å². The fourth-order valence-electron chi connectivity index (χ4n) is 7.61. The van der Waals surface area contributed by atoms with E-state index in [0.717, 1.165) is 82.9 Å². The molecule has 2 aromatic heterocycles. The van der Waals surface area contributed by atoms with Crippen molar-refractivity contribution in [2.24, 2.45) is 15.9 Å². The number of aromatic nitrogens is 2. The Kier molecular flexibility index (Phi) is 13.0. The van der Waals surface area contributed by atoms with E-state index in [0.29, 0.717) is 61.1 Å². The van der Waals surface area contributed by atoms with Crippen molar-refractivity contribution >= 4 is 78.2 Å². The largest absolute Gasteiger partial charge is 0.450 e. The number of hydrogen-bond acceptors (Lipinski definition) is 6. The molecule has 0 fully saturated rings. The summed E-state index contributed by atoms with van der Waals surface area (Å²) in [5.41, 5.74) is 5.81. The van der Waals surface area contributed by atoms with Crippen molar-refractivity contribution in [2.45, 2.75) is 93.8 Å². The maximum atomic E-state index is 7.06. The third-order valence-corrected chi connectivity index (χ3v) is 10.9. The molecule has 2 aliphatic heterocycles. The molecule has 0 saturated heterocycles. The summed E-state index contributed by atoms with van der Waals surface area (Å²) in [6.45, 7) is 21.2.